The highest BCUT2D eigenvalue weighted by Crippen LogP contribution is 2.20. The van der Waals surface area contributed by atoms with Gasteiger partial charge in [0.25, 0.3) is 0 Å². The molecule has 94 valence electrons. The molecule has 0 aliphatic heterocycles. The van der Waals surface area contributed by atoms with E-state index in [0.29, 0.717) is 12.8 Å². The number of para-hydroxylation sites is 1. The summed E-state index contributed by atoms with van der Waals surface area (Å²) in [5.41, 5.74) is 1.99. The summed E-state index contributed by atoms with van der Waals surface area (Å²) >= 11 is 0. The van der Waals surface area contributed by atoms with Crippen molar-refractivity contribution in [1.29, 1.82) is 0 Å². The first-order valence-corrected chi connectivity index (χ1v) is 5.21. The van der Waals surface area contributed by atoms with E-state index in [9.17, 15) is 13.6 Å². The highest BCUT2D eigenvalue weighted by Gasteiger charge is 2.09. The summed E-state index contributed by atoms with van der Waals surface area (Å²) < 4.78 is 31.2. The lowest BCUT2D eigenvalue weighted by Gasteiger charge is -2.07. The Morgan fingerprint density at radius 1 is 1.29 bits per heavy atom. The number of halogens is 2. The van der Waals surface area contributed by atoms with Gasteiger partial charge >= 0.3 is 0 Å². The van der Waals surface area contributed by atoms with Crippen LogP contribution >= 0.6 is 0 Å². The number of carbonyl (C=O) groups is 1. The van der Waals surface area contributed by atoms with E-state index in [1.807, 2.05) is 5.43 Å². The number of carbonyl (C=O) groups excluding carboxylic acids is 1. The number of hydrogen-bond donors (Lipinski definition) is 2. The van der Waals surface area contributed by atoms with Gasteiger partial charge in [0.1, 0.15) is 0 Å². The first-order valence-electron chi connectivity index (χ1n) is 5.21. The zero-order chi connectivity index (χ0) is 12.7. The molecular formula is C11H14F2N2O2. The number of unbranched alkanes of at least 4 members (excludes halogenated alkanes) is 1. The lowest BCUT2D eigenvalue weighted by atomic mass is 10.2. The third-order valence-electron chi connectivity index (χ3n) is 2.12. The maximum atomic E-state index is 13.1. The normalized spacial score (nSPS) is 10.1. The van der Waals surface area contributed by atoms with E-state index >= 15 is 0 Å². The number of hydrazine groups is 1. The molecule has 1 aromatic rings. The lowest BCUT2D eigenvalue weighted by Crippen LogP contribution is -2.29. The maximum absolute atomic E-state index is 13.1. The summed E-state index contributed by atoms with van der Waals surface area (Å²) in [4.78, 5) is 10.8. The number of amides is 1. The van der Waals surface area contributed by atoms with Crippen molar-refractivity contribution in [2.24, 2.45) is 5.84 Å². The molecule has 17 heavy (non-hydrogen) atoms. The average molecular weight is 244 g/mol. The molecule has 0 bridgehead atoms. The van der Waals surface area contributed by atoms with Gasteiger partial charge in [0.15, 0.2) is 17.4 Å². The Kier molecular flexibility index (Phi) is 5.35. The Balaban J connectivity index is 2.29. The molecule has 0 unspecified atom stereocenters. The summed E-state index contributed by atoms with van der Waals surface area (Å²) in [6.45, 7) is 0.149. The molecule has 0 heterocycles. The highest BCUT2D eigenvalue weighted by molar-refractivity contribution is 5.75. The van der Waals surface area contributed by atoms with Crippen LogP contribution in [0.4, 0.5) is 8.78 Å². The Morgan fingerprint density at radius 2 is 1.94 bits per heavy atom. The molecule has 1 rings (SSSR count). The van der Waals surface area contributed by atoms with Crippen molar-refractivity contribution in [2.45, 2.75) is 19.3 Å². The van der Waals surface area contributed by atoms with E-state index in [4.69, 9.17) is 10.6 Å². The van der Waals surface area contributed by atoms with E-state index < -0.39 is 11.6 Å². The summed E-state index contributed by atoms with van der Waals surface area (Å²) in [6.07, 6.45) is 1.32. The highest BCUT2D eigenvalue weighted by atomic mass is 19.1. The molecule has 4 nitrogen and oxygen atoms in total. The summed E-state index contributed by atoms with van der Waals surface area (Å²) in [6, 6.07) is 3.52. The predicted molar refractivity (Wildman–Crippen MR) is 58.0 cm³/mol. The van der Waals surface area contributed by atoms with Crippen LogP contribution < -0.4 is 16.0 Å². The number of rotatable bonds is 6. The molecule has 3 N–H and O–H groups in total. The first kappa shape index (κ1) is 13.4. The SMILES string of the molecule is NNC(=O)CCCCOc1c(F)cccc1F. The predicted octanol–water partition coefficient (Wildman–Crippen LogP) is 1.50. The standard InChI is InChI=1S/C11H14F2N2O2/c12-8-4-3-5-9(13)11(8)17-7-2-1-6-10(16)15-14/h3-5H,1-2,6-7,14H2,(H,15,16). The van der Waals surface area contributed by atoms with Crippen molar-refractivity contribution >= 4 is 5.91 Å². The van der Waals surface area contributed by atoms with Crippen molar-refractivity contribution in [1.82, 2.24) is 5.43 Å². The van der Waals surface area contributed by atoms with Crippen LogP contribution in [0.15, 0.2) is 18.2 Å². The molecule has 0 atom stereocenters. The molecule has 0 spiro atoms. The van der Waals surface area contributed by atoms with Crippen LogP contribution in [0.5, 0.6) is 5.75 Å². The van der Waals surface area contributed by atoms with Crippen LogP contribution in [0.3, 0.4) is 0 Å². The Bertz CT molecular complexity index is 365. The molecule has 0 saturated carbocycles. The van der Waals surface area contributed by atoms with Gasteiger partial charge in [0.05, 0.1) is 6.61 Å². The lowest BCUT2D eigenvalue weighted by molar-refractivity contribution is -0.121. The van der Waals surface area contributed by atoms with Gasteiger partial charge in [-0.3, -0.25) is 10.2 Å². The number of hydrogen-bond acceptors (Lipinski definition) is 3. The molecule has 0 saturated heterocycles. The van der Waals surface area contributed by atoms with Crippen molar-refractivity contribution < 1.29 is 18.3 Å². The van der Waals surface area contributed by atoms with Gasteiger partial charge in [-0.1, -0.05) is 6.07 Å². The molecule has 6 heteroatoms. The van der Waals surface area contributed by atoms with Crippen LogP contribution in [0, 0.1) is 11.6 Å². The second-order valence-corrected chi connectivity index (χ2v) is 3.42. The van der Waals surface area contributed by atoms with Crippen LogP contribution in [-0.4, -0.2) is 12.5 Å². The molecule has 0 aliphatic carbocycles. The fourth-order valence-corrected chi connectivity index (χ4v) is 1.25. The van der Waals surface area contributed by atoms with Gasteiger partial charge in [0.2, 0.25) is 5.91 Å². The van der Waals surface area contributed by atoms with E-state index in [1.165, 1.54) is 6.07 Å². The summed E-state index contributed by atoms with van der Waals surface area (Å²) in [5, 5.41) is 0. The number of nitrogens with one attached hydrogen (secondary N) is 1. The number of ether oxygens (including phenoxy) is 1. The third-order valence-corrected chi connectivity index (χ3v) is 2.12. The Labute approximate surface area is 97.7 Å². The number of benzene rings is 1. The molecule has 0 aliphatic rings. The van der Waals surface area contributed by atoms with Gasteiger partial charge in [0, 0.05) is 6.42 Å². The average Bonchev–Trinajstić information content (AvgIpc) is 2.31. The topological polar surface area (TPSA) is 64.3 Å². The van der Waals surface area contributed by atoms with Crippen molar-refractivity contribution in [3.05, 3.63) is 29.8 Å². The Hall–Kier alpha value is -1.69. The third kappa shape index (κ3) is 4.36. The van der Waals surface area contributed by atoms with E-state index in [1.54, 1.807) is 0 Å². The van der Waals surface area contributed by atoms with Crippen LogP contribution in [0.1, 0.15) is 19.3 Å². The van der Waals surface area contributed by atoms with Crippen LogP contribution in [0.25, 0.3) is 0 Å². The quantitative estimate of drug-likeness (QED) is 0.345. The summed E-state index contributed by atoms with van der Waals surface area (Å²) in [5.74, 6) is 2.77. The first-order chi connectivity index (χ1) is 8.15. The second-order valence-electron chi connectivity index (χ2n) is 3.42. The van der Waals surface area contributed by atoms with Gasteiger partial charge in [-0.15, -0.1) is 0 Å². The molecular weight excluding hydrogens is 230 g/mol. The summed E-state index contributed by atoms with van der Waals surface area (Å²) in [7, 11) is 0. The molecule has 0 fully saturated rings. The van der Waals surface area contributed by atoms with Crippen molar-refractivity contribution in [3.63, 3.8) is 0 Å². The van der Waals surface area contributed by atoms with Crippen molar-refractivity contribution in [2.75, 3.05) is 6.61 Å². The van der Waals surface area contributed by atoms with Crippen LogP contribution in [-0.2, 0) is 4.79 Å². The largest absolute Gasteiger partial charge is 0.488 e. The Morgan fingerprint density at radius 3 is 2.53 bits per heavy atom. The van der Waals surface area contributed by atoms with E-state index in [-0.39, 0.29) is 24.7 Å². The van der Waals surface area contributed by atoms with Crippen molar-refractivity contribution in [3.8, 4) is 5.75 Å². The molecule has 1 amide bonds. The minimum absolute atomic E-state index is 0.149. The van der Waals surface area contributed by atoms with E-state index in [2.05, 4.69) is 0 Å². The molecule has 0 radical (unpaired) electrons. The second kappa shape index (κ2) is 6.80. The van der Waals surface area contributed by atoms with Gasteiger partial charge in [-0.25, -0.2) is 14.6 Å². The monoisotopic (exact) mass is 244 g/mol. The molecule has 1 aromatic carbocycles. The minimum atomic E-state index is -0.732. The van der Waals surface area contributed by atoms with E-state index in [0.717, 1.165) is 12.1 Å². The zero-order valence-electron chi connectivity index (χ0n) is 9.21. The van der Waals surface area contributed by atoms with Gasteiger partial charge in [-0.05, 0) is 25.0 Å². The fourth-order valence-electron chi connectivity index (χ4n) is 1.25. The molecule has 0 aromatic heterocycles. The van der Waals surface area contributed by atoms with Crippen LogP contribution in [0.2, 0.25) is 0 Å². The maximum Gasteiger partial charge on any atom is 0.233 e. The smallest absolute Gasteiger partial charge is 0.233 e. The fraction of sp³-hybridized carbons (Fsp3) is 0.364. The minimum Gasteiger partial charge on any atom is -0.488 e. The zero-order valence-corrected chi connectivity index (χ0v) is 9.21. The van der Waals surface area contributed by atoms with Gasteiger partial charge < -0.3 is 4.74 Å². The number of nitrogens with two attached hydrogens (primary N) is 1. The van der Waals surface area contributed by atoms with Gasteiger partial charge in [-0.2, -0.15) is 0 Å².